The van der Waals surface area contributed by atoms with Gasteiger partial charge >= 0.3 is 17.3 Å². The molecule has 1 aliphatic carbocycles. The third-order valence-corrected chi connectivity index (χ3v) is 17.0. The standard InChI is InChI=1S/C58H82N4O15/c1-33(32-63)25-50-47(65)31-49(35(3)27-40-19-23-46(64)51(29-40)75-50)76-55(69)45-17-13-14-24-59(45)54(68)53(67)58(72)38(6)18-21-43(77-58)30-48(74-9)36(4)28-42-20-22-44(34(2)26-37(5)52(66)39(7)73-8)62-57(71)60(56(70)61(42)62)41-15-11-10-12-16-41/h10-12,15-16,20,22,25,28,33-35,37-40,42-46,48-49,51,63-64,72H,13-14,17-19,21,23-24,26-27,29-32H2,1-9H3/t33?,34?,35?,37-,38-,39?,40?,42?,43?,44?,45+,46?,48?,49?,51?,58?/m1/s1. The Kier molecular flexibility index (Phi) is 19.8. The molecule has 1 aromatic carbocycles. The third kappa shape index (κ3) is 13.1. The summed E-state index contributed by atoms with van der Waals surface area (Å²) >= 11 is 0. The molecular weight excluding hydrogens is 993 g/mol. The molecule has 19 nitrogen and oxygen atoms in total. The number of allylic oxidation sites excluding steroid dienone is 4. The number of ether oxygens (including phenoxy) is 5. The number of likely N-dealkylation sites (tertiary alicyclic amines) is 1. The number of aromatic nitrogens is 3. The van der Waals surface area contributed by atoms with E-state index in [0.717, 1.165) is 15.9 Å². The number of para-hydroxylation sites is 1. The summed E-state index contributed by atoms with van der Waals surface area (Å²) in [5.74, 6) is -8.12. The molecule has 1 amide bonds. The van der Waals surface area contributed by atoms with E-state index >= 15 is 0 Å². The van der Waals surface area contributed by atoms with Crippen molar-refractivity contribution in [3.63, 3.8) is 0 Å². The summed E-state index contributed by atoms with van der Waals surface area (Å²) < 4.78 is 33.9. The van der Waals surface area contributed by atoms with Gasteiger partial charge in [0.05, 0.1) is 42.5 Å². The van der Waals surface area contributed by atoms with Gasteiger partial charge in [-0.2, -0.15) is 0 Å². The van der Waals surface area contributed by atoms with Crippen LogP contribution < -0.4 is 11.4 Å². The average Bonchev–Trinajstić information content (AvgIpc) is 3.74. The SMILES string of the molecule is COC(C)C(=O)[C@H](C)CC(C)C1C=CC(C=C(C)C(CC2CC[C@@H](C)C(O)(C(=O)C(=O)N3CCCC[C@H]3C(=O)OC3CC(=O)C(=CC(C)CO)OC4CC(CCC4O)CC3C)O2)OC)n2c(=O)n(-c3ccccc3)c(=O)n21. The average molecular weight is 1080 g/mol. The lowest BCUT2D eigenvalue weighted by atomic mass is 9.78. The maximum Gasteiger partial charge on any atom is 0.352 e. The highest BCUT2D eigenvalue weighted by atomic mass is 16.6. The summed E-state index contributed by atoms with van der Waals surface area (Å²) in [4.78, 5) is 100. The monoisotopic (exact) mass is 1070 g/mol. The number of aliphatic hydroxyl groups excluding tert-OH is 2. The molecule has 77 heavy (non-hydrogen) atoms. The predicted molar refractivity (Wildman–Crippen MR) is 284 cm³/mol. The molecular formula is C58H82N4O15. The lowest BCUT2D eigenvalue weighted by Crippen LogP contribution is -2.61. The van der Waals surface area contributed by atoms with Crippen LogP contribution in [-0.4, -0.2) is 139 Å². The molecule has 4 aliphatic heterocycles. The first-order valence-corrected chi connectivity index (χ1v) is 27.8. The molecule has 7 rings (SSSR count). The molecule has 1 saturated carbocycles. The van der Waals surface area contributed by atoms with Crippen molar-refractivity contribution in [2.24, 2.45) is 35.5 Å². The van der Waals surface area contributed by atoms with Crippen molar-refractivity contribution in [3.05, 3.63) is 86.9 Å². The number of hydrogen-bond acceptors (Lipinski definition) is 15. The molecule has 3 saturated heterocycles. The van der Waals surface area contributed by atoms with Gasteiger partial charge in [-0.25, -0.2) is 28.3 Å². The molecule has 2 bridgehead atoms. The number of nitrogens with zero attached hydrogens (tertiary/aromatic N) is 4. The number of amides is 1. The van der Waals surface area contributed by atoms with Gasteiger partial charge in [0.2, 0.25) is 11.6 Å². The molecule has 19 heteroatoms. The number of benzene rings is 1. The maximum absolute atomic E-state index is 14.4. The van der Waals surface area contributed by atoms with E-state index in [1.807, 2.05) is 45.9 Å². The van der Waals surface area contributed by atoms with Crippen molar-refractivity contribution in [1.82, 2.24) is 18.8 Å². The Morgan fingerprint density at radius 3 is 2.30 bits per heavy atom. The summed E-state index contributed by atoms with van der Waals surface area (Å²) in [7, 11) is 2.99. The van der Waals surface area contributed by atoms with Crippen molar-refractivity contribution in [3.8, 4) is 5.69 Å². The first-order chi connectivity index (χ1) is 36.6. The zero-order valence-corrected chi connectivity index (χ0v) is 46.3. The van der Waals surface area contributed by atoms with Gasteiger partial charge in [0.25, 0.3) is 11.7 Å². The van der Waals surface area contributed by atoms with E-state index in [4.69, 9.17) is 23.7 Å². The summed E-state index contributed by atoms with van der Waals surface area (Å²) in [6.45, 7) is 12.4. The van der Waals surface area contributed by atoms with Crippen molar-refractivity contribution in [1.29, 1.82) is 0 Å². The summed E-state index contributed by atoms with van der Waals surface area (Å²) in [6.07, 6.45) is 7.42. The van der Waals surface area contributed by atoms with E-state index in [1.54, 1.807) is 51.1 Å². The van der Waals surface area contributed by atoms with Gasteiger partial charge < -0.3 is 43.9 Å². The van der Waals surface area contributed by atoms with Crippen LogP contribution >= 0.6 is 0 Å². The lowest BCUT2D eigenvalue weighted by Gasteiger charge is -2.43. The summed E-state index contributed by atoms with van der Waals surface area (Å²) in [6, 6.07) is 6.16. The fourth-order valence-corrected chi connectivity index (χ4v) is 12.1. The first-order valence-electron chi connectivity index (χ1n) is 27.8. The molecule has 424 valence electrons. The highest BCUT2D eigenvalue weighted by Gasteiger charge is 2.53. The van der Waals surface area contributed by atoms with Gasteiger partial charge in [0.15, 0.2) is 11.5 Å². The first kappa shape index (κ1) is 59.4. The molecule has 16 atom stereocenters. The minimum atomic E-state index is -2.55. The van der Waals surface area contributed by atoms with Crippen LogP contribution in [0.15, 0.2) is 75.6 Å². The highest BCUT2D eigenvalue weighted by molar-refractivity contribution is 6.39. The van der Waals surface area contributed by atoms with Crippen LogP contribution in [0.2, 0.25) is 0 Å². The number of Topliss-reactive ketones (excluding diaryl/α,β-unsaturated/α-hetero) is 3. The second-order valence-corrected chi connectivity index (χ2v) is 22.7. The molecule has 0 spiro atoms. The molecule has 1 aromatic heterocycles. The number of carbonyl (C=O) groups excluding carboxylic acids is 5. The largest absolute Gasteiger partial charge is 0.484 e. The van der Waals surface area contributed by atoms with Gasteiger partial charge in [-0.15, -0.1) is 0 Å². The number of esters is 1. The van der Waals surface area contributed by atoms with Crippen LogP contribution in [0.1, 0.15) is 138 Å². The number of fused-ring (bicyclic) bond motifs is 3. The van der Waals surface area contributed by atoms with E-state index < -0.39 is 107 Å². The van der Waals surface area contributed by atoms with Crippen molar-refractivity contribution >= 4 is 29.2 Å². The number of methoxy groups -OCH3 is 2. The number of carbonyl (C=O) groups is 5. The van der Waals surface area contributed by atoms with E-state index in [2.05, 4.69) is 0 Å². The number of piperidine rings is 1. The Bertz CT molecular complexity index is 2650. The minimum Gasteiger partial charge on any atom is -0.484 e. The van der Waals surface area contributed by atoms with Crippen LogP contribution in [0.5, 0.6) is 0 Å². The van der Waals surface area contributed by atoms with Crippen LogP contribution in [0, 0.1) is 35.5 Å². The van der Waals surface area contributed by atoms with Crippen molar-refractivity contribution in [2.45, 2.75) is 186 Å². The molecule has 13 unspecified atom stereocenters. The topological polar surface area (TPSA) is 244 Å². The summed E-state index contributed by atoms with van der Waals surface area (Å²) in [5, 5.41) is 32.7. The van der Waals surface area contributed by atoms with Crippen LogP contribution in [0.4, 0.5) is 0 Å². The van der Waals surface area contributed by atoms with E-state index in [0.29, 0.717) is 62.6 Å². The van der Waals surface area contributed by atoms with E-state index in [1.165, 1.54) is 29.7 Å². The maximum atomic E-state index is 14.4. The molecule has 0 radical (unpaired) electrons. The Labute approximate surface area is 451 Å². The second kappa shape index (κ2) is 25.7. The van der Waals surface area contributed by atoms with Gasteiger partial charge in [-0.05, 0) is 120 Å². The highest BCUT2D eigenvalue weighted by Crippen LogP contribution is 2.39. The zero-order valence-electron chi connectivity index (χ0n) is 46.3. The predicted octanol–water partition coefficient (Wildman–Crippen LogP) is 5.49. The number of ketones is 3. The summed E-state index contributed by atoms with van der Waals surface area (Å²) in [5.41, 5.74) is -0.0344. The molecule has 2 aromatic rings. The molecule has 5 heterocycles. The number of aliphatic hydroxyl groups is 3. The Balaban J connectivity index is 1.07. The third-order valence-electron chi connectivity index (χ3n) is 17.0. The normalized spacial score (nSPS) is 31.5. The molecule has 4 fully saturated rings. The zero-order chi connectivity index (χ0) is 56.0. The number of rotatable bonds is 18. The van der Waals surface area contributed by atoms with Crippen molar-refractivity contribution < 1.29 is 63.0 Å². The second-order valence-electron chi connectivity index (χ2n) is 22.7. The van der Waals surface area contributed by atoms with Crippen LogP contribution in [-0.2, 0) is 47.7 Å². The van der Waals surface area contributed by atoms with Gasteiger partial charge in [-0.3, -0.25) is 19.2 Å². The van der Waals surface area contributed by atoms with Gasteiger partial charge in [0.1, 0.15) is 24.4 Å². The smallest absolute Gasteiger partial charge is 0.352 e. The minimum absolute atomic E-state index is 0.00128. The Hall–Kier alpha value is -5.31. The van der Waals surface area contributed by atoms with Gasteiger partial charge in [0, 0.05) is 51.5 Å². The fraction of sp³-hybridized carbons (Fsp3) is 0.672. The van der Waals surface area contributed by atoms with Crippen molar-refractivity contribution in [2.75, 3.05) is 27.4 Å². The molecule has 3 N–H and O–H groups in total. The van der Waals surface area contributed by atoms with Crippen LogP contribution in [0.3, 0.4) is 0 Å². The fourth-order valence-electron chi connectivity index (χ4n) is 12.1. The quantitative estimate of drug-likeness (QED) is 0.0723. The lowest BCUT2D eigenvalue weighted by molar-refractivity contribution is -0.265. The Morgan fingerprint density at radius 2 is 1.61 bits per heavy atom. The van der Waals surface area contributed by atoms with Crippen LogP contribution in [0.25, 0.3) is 5.69 Å². The van der Waals surface area contributed by atoms with Gasteiger partial charge in [-0.1, -0.05) is 71.0 Å². The van der Waals surface area contributed by atoms with E-state index in [9.17, 15) is 48.9 Å². The Morgan fingerprint density at radius 1 is 0.896 bits per heavy atom. The molecule has 5 aliphatic rings. The number of hydrogen-bond donors (Lipinski definition) is 3. The van der Waals surface area contributed by atoms with E-state index in [-0.39, 0.29) is 67.6 Å².